The maximum atomic E-state index is 3.70. The maximum Gasteiger partial charge on any atom is 0.000791 e. The predicted octanol–water partition coefficient (Wildman–Crippen LogP) is 5.15. The molecule has 1 aliphatic rings. The van der Waals surface area contributed by atoms with Gasteiger partial charge in [0.05, 0.1) is 0 Å². The minimum absolute atomic E-state index is 0.656. The second-order valence-electron chi connectivity index (χ2n) is 6.50. The normalized spacial score (nSPS) is 20.2. The lowest BCUT2D eigenvalue weighted by Crippen LogP contribution is -2.34. The van der Waals surface area contributed by atoms with Crippen LogP contribution in [0.5, 0.6) is 0 Å². The average molecular weight is 253 g/mol. The first kappa shape index (κ1) is 16.0. The molecule has 1 unspecified atom stereocenters. The minimum atomic E-state index is 0.656. The van der Waals surface area contributed by atoms with E-state index in [0.29, 0.717) is 5.41 Å². The first-order valence-corrected chi connectivity index (χ1v) is 8.47. The minimum Gasteiger partial charge on any atom is -0.316 e. The van der Waals surface area contributed by atoms with Gasteiger partial charge in [0.1, 0.15) is 0 Å². The van der Waals surface area contributed by atoms with E-state index in [-0.39, 0.29) is 0 Å². The van der Waals surface area contributed by atoms with E-state index in [4.69, 9.17) is 0 Å². The van der Waals surface area contributed by atoms with Crippen molar-refractivity contribution in [3.63, 3.8) is 0 Å². The molecule has 1 atom stereocenters. The molecule has 1 saturated carbocycles. The molecule has 0 aromatic heterocycles. The largest absolute Gasteiger partial charge is 0.316 e. The van der Waals surface area contributed by atoms with Crippen LogP contribution in [0, 0.1) is 11.3 Å². The molecule has 0 amide bonds. The lowest BCUT2D eigenvalue weighted by molar-refractivity contribution is 0.199. The van der Waals surface area contributed by atoms with Crippen molar-refractivity contribution in [3.05, 3.63) is 0 Å². The van der Waals surface area contributed by atoms with Gasteiger partial charge >= 0.3 is 0 Å². The van der Waals surface area contributed by atoms with Crippen LogP contribution in [0.4, 0.5) is 0 Å². The molecule has 0 saturated heterocycles. The van der Waals surface area contributed by atoms with Crippen molar-refractivity contribution in [1.29, 1.82) is 0 Å². The lowest BCUT2D eigenvalue weighted by atomic mass is 9.75. The van der Waals surface area contributed by atoms with Crippen LogP contribution in [0.2, 0.25) is 0 Å². The Labute approximate surface area is 115 Å². The summed E-state index contributed by atoms with van der Waals surface area (Å²) in [5.74, 6) is 0.978. The molecule has 0 aromatic carbocycles. The number of hydrogen-bond acceptors (Lipinski definition) is 1. The third-order valence-electron chi connectivity index (χ3n) is 4.86. The van der Waals surface area contributed by atoms with Gasteiger partial charge < -0.3 is 5.32 Å². The number of hydrogen-bond donors (Lipinski definition) is 1. The fourth-order valence-electron chi connectivity index (χ4n) is 3.66. The van der Waals surface area contributed by atoms with Gasteiger partial charge in [-0.2, -0.15) is 0 Å². The summed E-state index contributed by atoms with van der Waals surface area (Å²) < 4.78 is 0. The zero-order valence-corrected chi connectivity index (χ0v) is 13.1. The Morgan fingerprint density at radius 1 is 1.06 bits per heavy atom. The van der Waals surface area contributed by atoms with Gasteiger partial charge in [-0.1, -0.05) is 59.3 Å². The first-order valence-electron chi connectivity index (χ1n) is 8.47. The molecule has 0 heterocycles. The number of rotatable bonds is 10. The fraction of sp³-hybridized carbons (Fsp3) is 1.00. The Kier molecular flexibility index (Phi) is 7.97. The predicted molar refractivity (Wildman–Crippen MR) is 82.0 cm³/mol. The van der Waals surface area contributed by atoms with Gasteiger partial charge in [-0.25, -0.2) is 0 Å². The molecule has 18 heavy (non-hydrogen) atoms. The van der Waals surface area contributed by atoms with E-state index in [1.165, 1.54) is 77.3 Å². The van der Waals surface area contributed by atoms with Crippen LogP contribution in [0.15, 0.2) is 0 Å². The van der Waals surface area contributed by atoms with Crippen LogP contribution in [-0.4, -0.2) is 13.1 Å². The highest BCUT2D eigenvalue weighted by Crippen LogP contribution is 2.44. The summed E-state index contributed by atoms with van der Waals surface area (Å²) in [6, 6.07) is 0. The zero-order valence-electron chi connectivity index (χ0n) is 13.1. The summed E-state index contributed by atoms with van der Waals surface area (Å²) in [6.07, 6.45) is 14.3. The molecule has 0 aliphatic heterocycles. The highest BCUT2D eigenvalue weighted by molar-refractivity contribution is 4.88. The van der Waals surface area contributed by atoms with E-state index in [9.17, 15) is 0 Å². The third-order valence-corrected chi connectivity index (χ3v) is 4.86. The summed E-state index contributed by atoms with van der Waals surface area (Å²) in [4.78, 5) is 0. The Balaban J connectivity index is 2.43. The molecule has 0 aromatic rings. The molecule has 1 fully saturated rings. The quantitative estimate of drug-likeness (QED) is 0.531. The second kappa shape index (κ2) is 8.96. The Morgan fingerprint density at radius 2 is 1.78 bits per heavy atom. The van der Waals surface area contributed by atoms with E-state index < -0.39 is 0 Å². The van der Waals surface area contributed by atoms with Crippen LogP contribution in [0.1, 0.15) is 85.0 Å². The highest BCUT2D eigenvalue weighted by Gasteiger charge is 2.34. The van der Waals surface area contributed by atoms with E-state index >= 15 is 0 Å². The first-order chi connectivity index (χ1) is 8.76. The smallest absolute Gasteiger partial charge is 0.000791 e. The molecule has 0 bridgehead atoms. The van der Waals surface area contributed by atoms with E-state index in [1.807, 2.05) is 0 Å². The third kappa shape index (κ3) is 5.30. The Bertz CT molecular complexity index is 194. The van der Waals surface area contributed by atoms with Gasteiger partial charge in [0.15, 0.2) is 0 Å². The van der Waals surface area contributed by atoms with Crippen LogP contribution in [0.3, 0.4) is 0 Å². The van der Waals surface area contributed by atoms with Crippen molar-refractivity contribution in [2.24, 2.45) is 11.3 Å². The molecule has 1 aliphatic carbocycles. The second-order valence-corrected chi connectivity index (χ2v) is 6.50. The average Bonchev–Trinajstić information content (AvgIpc) is 2.84. The summed E-state index contributed by atoms with van der Waals surface area (Å²) in [7, 11) is 0. The monoisotopic (exact) mass is 253 g/mol. The topological polar surface area (TPSA) is 12.0 Å². The molecule has 0 radical (unpaired) electrons. The van der Waals surface area contributed by atoms with Gasteiger partial charge in [-0.05, 0) is 43.6 Å². The van der Waals surface area contributed by atoms with E-state index in [0.717, 1.165) is 5.92 Å². The number of unbranched alkanes of at least 4 members (excludes halogenated alkanes) is 1. The van der Waals surface area contributed by atoms with Gasteiger partial charge in [0.2, 0.25) is 0 Å². The summed E-state index contributed by atoms with van der Waals surface area (Å²) in [5, 5.41) is 3.70. The summed E-state index contributed by atoms with van der Waals surface area (Å²) >= 11 is 0. The van der Waals surface area contributed by atoms with Crippen LogP contribution >= 0.6 is 0 Å². The van der Waals surface area contributed by atoms with Gasteiger partial charge in [-0.15, -0.1) is 0 Å². The van der Waals surface area contributed by atoms with E-state index in [2.05, 4.69) is 26.1 Å². The van der Waals surface area contributed by atoms with Crippen LogP contribution in [0.25, 0.3) is 0 Å². The molecule has 108 valence electrons. The number of nitrogens with one attached hydrogen (secondary N) is 1. The molecule has 0 spiro atoms. The molecule has 1 rings (SSSR count). The van der Waals surface area contributed by atoms with E-state index in [1.54, 1.807) is 0 Å². The fourth-order valence-corrected chi connectivity index (χ4v) is 3.66. The Hall–Kier alpha value is -0.0400. The van der Waals surface area contributed by atoms with Gasteiger partial charge in [-0.3, -0.25) is 0 Å². The highest BCUT2D eigenvalue weighted by atomic mass is 14.9. The molecule has 1 nitrogen and oxygen atoms in total. The molecule has 1 heteroatoms. The standard InChI is InChI=1S/C17H35N/c1-4-7-10-16(6-3)14-17(11-8-9-12-17)15-18-13-5-2/h16,18H,4-15H2,1-3H3. The van der Waals surface area contributed by atoms with Crippen molar-refractivity contribution < 1.29 is 0 Å². The van der Waals surface area contributed by atoms with Gasteiger partial charge in [0, 0.05) is 6.54 Å². The Morgan fingerprint density at radius 3 is 2.33 bits per heavy atom. The summed E-state index contributed by atoms with van der Waals surface area (Å²) in [6.45, 7) is 9.46. The van der Waals surface area contributed by atoms with Gasteiger partial charge in [0.25, 0.3) is 0 Å². The van der Waals surface area contributed by atoms with Crippen LogP contribution in [-0.2, 0) is 0 Å². The maximum absolute atomic E-state index is 3.70. The van der Waals surface area contributed by atoms with Crippen molar-refractivity contribution in [2.75, 3.05) is 13.1 Å². The van der Waals surface area contributed by atoms with Crippen molar-refractivity contribution in [3.8, 4) is 0 Å². The zero-order chi connectivity index (χ0) is 13.3. The molecular formula is C17H35N. The lowest BCUT2D eigenvalue weighted by Gasteiger charge is -2.33. The van der Waals surface area contributed by atoms with Crippen molar-refractivity contribution in [2.45, 2.75) is 85.0 Å². The molecule has 1 N–H and O–H groups in total. The van der Waals surface area contributed by atoms with Crippen molar-refractivity contribution in [1.82, 2.24) is 5.32 Å². The SMILES string of the molecule is CCCCC(CC)CC1(CNCCC)CCCC1. The van der Waals surface area contributed by atoms with Crippen molar-refractivity contribution >= 4 is 0 Å². The summed E-state index contributed by atoms with van der Waals surface area (Å²) in [5.41, 5.74) is 0.656. The molecular weight excluding hydrogens is 218 g/mol. The van der Waals surface area contributed by atoms with Crippen LogP contribution < -0.4 is 5.32 Å².